The molecule has 0 radical (unpaired) electrons. The van der Waals surface area contributed by atoms with E-state index in [2.05, 4.69) is 73.5 Å². The highest BCUT2D eigenvalue weighted by Gasteiger charge is 2.26. The molecule has 0 bridgehead atoms. The normalized spacial score (nSPS) is 14.5. The standard InChI is InChI=1S/C23H40NO2/c1-10-14-24(8,9)19(6)25-20(7)26-23-13-11-12-21(15-17(2)3)22(23)16-18(4)5/h10-13,17-20H,1,14-16H2,2-9H3/q+1. The van der Waals surface area contributed by atoms with Gasteiger partial charge < -0.3 is 9.22 Å². The van der Waals surface area contributed by atoms with Crippen molar-refractivity contribution in [3.8, 4) is 5.75 Å². The van der Waals surface area contributed by atoms with E-state index < -0.39 is 0 Å². The molecule has 0 aliphatic rings. The number of likely N-dealkylation sites (N-methyl/N-ethyl adjacent to an activating group) is 1. The Labute approximate surface area is 161 Å². The summed E-state index contributed by atoms with van der Waals surface area (Å²) >= 11 is 0. The van der Waals surface area contributed by atoms with E-state index in [0.29, 0.717) is 11.8 Å². The minimum Gasteiger partial charge on any atom is -0.465 e. The van der Waals surface area contributed by atoms with E-state index in [0.717, 1.165) is 29.6 Å². The Morgan fingerprint density at radius 2 is 1.62 bits per heavy atom. The lowest BCUT2D eigenvalue weighted by Gasteiger charge is -2.36. The van der Waals surface area contributed by atoms with Crippen molar-refractivity contribution in [1.29, 1.82) is 0 Å². The number of benzene rings is 1. The quantitative estimate of drug-likeness (QED) is 0.297. The smallest absolute Gasteiger partial charge is 0.202 e. The van der Waals surface area contributed by atoms with Crippen molar-refractivity contribution in [1.82, 2.24) is 0 Å². The predicted octanol–water partition coefficient (Wildman–Crippen LogP) is 5.43. The van der Waals surface area contributed by atoms with Crippen molar-refractivity contribution in [2.75, 3.05) is 20.6 Å². The molecule has 0 amide bonds. The zero-order valence-electron chi connectivity index (χ0n) is 18.2. The number of nitrogens with zero attached hydrogens (tertiary/aromatic N) is 1. The average Bonchev–Trinajstić information content (AvgIpc) is 2.49. The van der Waals surface area contributed by atoms with Gasteiger partial charge in [0.2, 0.25) is 6.29 Å². The topological polar surface area (TPSA) is 18.5 Å². The Bertz CT molecular complexity index is 563. The van der Waals surface area contributed by atoms with Crippen LogP contribution in [0.15, 0.2) is 30.9 Å². The third-order valence-corrected chi connectivity index (χ3v) is 4.74. The zero-order valence-corrected chi connectivity index (χ0v) is 18.2. The monoisotopic (exact) mass is 362 g/mol. The lowest BCUT2D eigenvalue weighted by atomic mass is 9.92. The van der Waals surface area contributed by atoms with E-state index in [1.807, 2.05) is 13.0 Å². The number of rotatable bonds is 11. The molecule has 2 atom stereocenters. The first-order valence-electron chi connectivity index (χ1n) is 9.93. The molecule has 0 fully saturated rings. The molecule has 0 spiro atoms. The van der Waals surface area contributed by atoms with Crippen LogP contribution in [0.1, 0.15) is 52.7 Å². The van der Waals surface area contributed by atoms with Gasteiger partial charge in [0, 0.05) is 6.92 Å². The molecule has 0 saturated heterocycles. The maximum Gasteiger partial charge on any atom is 0.202 e. The van der Waals surface area contributed by atoms with Crippen LogP contribution < -0.4 is 4.74 Å². The fourth-order valence-electron chi connectivity index (χ4n) is 3.12. The molecule has 0 aliphatic heterocycles. The summed E-state index contributed by atoms with van der Waals surface area (Å²) < 4.78 is 13.1. The first-order valence-corrected chi connectivity index (χ1v) is 9.93. The van der Waals surface area contributed by atoms with E-state index in [1.54, 1.807) is 0 Å². The summed E-state index contributed by atoms with van der Waals surface area (Å²) in [4.78, 5) is 0. The summed E-state index contributed by atoms with van der Waals surface area (Å²) in [5.41, 5.74) is 2.73. The molecule has 3 heteroatoms. The van der Waals surface area contributed by atoms with E-state index in [1.165, 1.54) is 11.1 Å². The lowest BCUT2D eigenvalue weighted by molar-refractivity contribution is -0.932. The molecule has 3 nitrogen and oxygen atoms in total. The summed E-state index contributed by atoms with van der Waals surface area (Å²) in [6.45, 7) is 17.8. The fourth-order valence-corrected chi connectivity index (χ4v) is 3.12. The van der Waals surface area contributed by atoms with Crippen LogP contribution in [0.3, 0.4) is 0 Å². The minimum absolute atomic E-state index is 0.0235. The van der Waals surface area contributed by atoms with Crippen molar-refractivity contribution >= 4 is 0 Å². The third-order valence-electron chi connectivity index (χ3n) is 4.74. The fraction of sp³-hybridized carbons (Fsp3) is 0.652. The maximum absolute atomic E-state index is 6.25. The second-order valence-corrected chi connectivity index (χ2v) is 8.76. The van der Waals surface area contributed by atoms with Crippen molar-refractivity contribution in [3.63, 3.8) is 0 Å². The Kier molecular flexibility index (Phi) is 8.85. The lowest BCUT2D eigenvalue weighted by Crippen LogP contribution is -2.50. The predicted molar refractivity (Wildman–Crippen MR) is 111 cm³/mol. The van der Waals surface area contributed by atoms with Gasteiger partial charge in [0.15, 0.2) is 6.23 Å². The van der Waals surface area contributed by atoms with Crippen molar-refractivity contribution in [3.05, 3.63) is 42.0 Å². The van der Waals surface area contributed by atoms with E-state index >= 15 is 0 Å². The van der Waals surface area contributed by atoms with Crippen LogP contribution in [-0.4, -0.2) is 37.6 Å². The Balaban J connectivity index is 2.95. The molecule has 2 unspecified atom stereocenters. The van der Waals surface area contributed by atoms with Crippen LogP contribution in [0.5, 0.6) is 5.75 Å². The molecule has 0 heterocycles. The summed E-state index contributed by atoms with van der Waals surface area (Å²) in [6, 6.07) is 6.42. The first kappa shape index (κ1) is 22.7. The third kappa shape index (κ3) is 7.13. The van der Waals surface area contributed by atoms with Crippen molar-refractivity contribution in [2.45, 2.75) is 66.9 Å². The summed E-state index contributed by atoms with van der Waals surface area (Å²) in [7, 11) is 4.29. The van der Waals surface area contributed by atoms with Gasteiger partial charge in [-0.3, -0.25) is 4.74 Å². The van der Waals surface area contributed by atoms with Crippen molar-refractivity contribution in [2.24, 2.45) is 11.8 Å². The average molecular weight is 363 g/mol. The highest BCUT2D eigenvalue weighted by Crippen LogP contribution is 2.28. The van der Waals surface area contributed by atoms with Crippen molar-refractivity contribution < 1.29 is 14.0 Å². The van der Waals surface area contributed by atoms with Gasteiger partial charge in [0.25, 0.3) is 0 Å². The molecule has 0 N–H and O–H groups in total. The molecule has 1 aromatic rings. The SMILES string of the molecule is C=CC[N+](C)(C)C(C)OC(C)Oc1cccc(CC(C)C)c1CC(C)C. The van der Waals surface area contributed by atoms with E-state index in [4.69, 9.17) is 9.47 Å². The van der Waals surface area contributed by atoms with Crippen LogP contribution in [0.2, 0.25) is 0 Å². The van der Waals surface area contributed by atoms with Gasteiger partial charge in [-0.15, -0.1) is 0 Å². The van der Waals surface area contributed by atoms with Gasteiger partial charge in [-0.05, 0) is 54.9 Å². The van der Waals surface area contributed by atoms with Crippen LogP contribution in [0.25, 0.3) is 0 Å². The molecule has 1 aromatic carbocycles. The molecule has 0 aliphatic carbocycles. The number of hydrogen-bond donors (Lipinski definition) is 0. The second-order valence-electron chi connectivity index (χ2n) is 8.76. The van der Waals surface area contributed by atoms with Crippen LogP contribution in [0, 0.1) is 11.8 Å². The van der Waals surface area contributed by atoms with Gasteiger partial charge in [-0.25, -0.2) is 0 Å². The first-order chi connectivity index (χ1) is 12.1. The molecule has 1 rings (SSSR count). The largest absolute Gasteiger partial charge is 0.465 e. The summed E-state index contributed by atoms with van der Waals surface area (Å²) in [5.74, 6) is 2.18. The van der Waals surface area contributed by atoms with Gasteiger partial charge in [0.05, 0.1) is 20.6 Å². The van der Waals surface area contributed by atoms with Gasteiger partial charge in [-0.1, -0.05) is 46.4 Å². The van der Waals surface area contributed by atoms with E-state index in [9.17, 15) is 0 Å². The molecular formula is C23H40NO2+. The van der Waals surface area contributed by atoms with Gasteiger partial charge >= 0.3 is 0 Å². The molecular weight excluding hydrogens is 322 g/mol. The number of quaternary nitrogens is 1. The van der Waals surface area contributed by atoms with E-state index in [-0.39, 0.29) is 12.5 Å². The molecule has 26 heavy (non-hydrogen) atoms. The Hall–Kier alpha value is -1.32. The van der Waals surface area contributed by atoms with Crippen LogP contribution in [-0.2, 0) is 17.6 Å². The van der Waals surface area contributed by atoms with Crippen LogP contribution in [0.4, 0.5) is 0 Å². The summed E-state index contributed by atoms with van der Waals surface area (Å²) in [5, 5.41) is 0. The molecule has 0 aromatic heterocycles. The second kappa shape index (κ2) is 10.1. The number of ether oxygens (including phenoxy) is 2. The summed E-state index contributed by atoms with van der Waals surface area (Å²) in [6.07, 6.45) is 3.76. The van der Waals surface area contributed by atoms with Gasteiger partial charge in [0.1, 0.15) is 5.75 Å². The van der Waals surface area contributed by atoms with Crippen LogP contribution >= 0.6 is 0 Å². The Morgan fingerprint density at radius 1 is 1.00 bits per heavy atom. The highest BCUT2D eigenvalue weighted by molar-refractivity contribution is 5.41. The number of hydrogen-bond acceptors (Lipinski definition) is 2. The van der Waals surface area contributed by atoms with Gasteiger partial charge in [-0.2, -0.15) is 0 Å². The molecule has 0 saturated carbocycles. The minimum atomic E-state index is -0.299. The zero-order chi connectivity index (χ0) is 19.9. The highest BCUT2D eigenvalue weighted by atomic mass is 16.7. The molecule has 148 valence electrons. The Morgan fingerprint density at radius 3 is 2.15 bits per heavy atom. The maximum atomic E-state index is 6.25.